The number of halogens is 1. The number of esters is 2. The molecule has 2 rings (SSSR count). The molecule has 0 aromatic heterocycles. The van der Waals surface area contributed by atoms with Crippen molar-refractivity contribution in [2.75, 3.05) is 6.61 Å². The van der Waals surface area contributed by atoms with E-state index in [0.29, 0.717) is 17.9 Å². The molecule has 1 aromatic carbocycles. The number of rotatable bonds is 4. The lowest BCUT2D eigenvalue weighted by atomic mass is 10.1. The summed E-state index contributed by atoms with van der Waals surface area (Å²) in [5.41, 5.74) is 0.535. The molecule has 0 N–H and O–H groups in total. The Morgan fingerprint density at radius 3 is 2.41 bits per heavy atom. The summed E-state index contributed by atoms with van der Waals surface area (Å²) >= 11 is 3.40. The van der Waals surface area contributed by atoms with Crippen molar-refractivity contribution < 1.29 is 23.8 Å². The highest BCUT2D eigenvalue weighted by atomic mass is 79.9. The van der Waals surface area contributed by atoms with Crippen LogP contribution in [0.2, 0.25) is 0 Å². The van der Waals surface area contributed by atoms with Crippen molar-refractivity contribution in [2.24, 2.45) is 0 Å². The largest absolute Gasteiger partial charge is 0.492 e. The molecule has 0 spiro atoms. The summed E-state index contributed by atoms with van der Waals surface area (Å²) in [7, 11) is 0. The van der Waals surface area contributed by atoms with Crippen LogP contribution < -0.4 is 4.74 Å². The molecular formula is C16H17BrO5. The third kappa shape index (κ3) is 3.88. The standard InChI is InChI=1S/C16H17BrO5/c1-4-7-20-13-6-5-10(9-12(13)17)8-11-14(18)21-16(2,3)22-15(11)19/h5-6,8-9H,4,7H2,1-3H3. The number of cyclic esters (lactones) is 2. The molecule has 0 atom stereocenters. The maximum absolute atomic E-state index is 11.9. The monoisotopic (exact) mass is 368 g/mol. The number of carbonyl (C=O) groups is 2. The van der Waals surface area contributed by atoms with Crippen LogP contribution >= 0.6 is 15.9 Å². The highest BCUT2D eigenvalue weighted by Crippen LogP contribution is 2.29. The Bertz CT molecular complexity index is 611. The van der Waals surface area contributed by atoms with Crippen LogP contribution in [0, 0.1) is 0 Å². The topological polar surface area (TPSA) is 61.8 Å². The first-order chi connectivity index (χ1) is 10.3. The molecule has 1 aromatic rings. The Morgan fingerprint density at radius 2 is 1.86 bits per heavy atom. The molecule has 6 heteroatoms. The van der Waals surface area contributed by atoms with Gasteiger partial charge in [-0.15, -0.1) is 0 Å². The van der Waals surface area contributed by atoms with E-state index in [1.165, 1.54) is 19.9 Å². The minimum atomic E-state index is -1.23. The average molecular weight is 369 g/mol. The second kappa shape index (κ2) is 6.52. The van der Waals surface area contributed by atoms with Crippen LogP contribution in [0.5, 0.6) is 5.75 Å². The lowest BCUT2D eigenvalue weighted by Gasteiger charge is -2.29. The van der Waals surface area contributed by atoms with Gasteiger partial charge in [-0.3, -0.25) is 0 Å². The summed E-state index contributed by atoms with van der Waals surface area (Å²) in [6.45, 7) is 5.66. The van der Waals surface area contributed by atoms with Crippen molar-refractivity contribution in [3.05, 3.63) is 33.8 Å². The van der Waals surface area contributed by atoms with E-state index in [0.717, 1.165) is 10.9 Å². The van der Waals surface area contributed by atoms with Crippen LogP contribution in [0.3, 0.4) is 0 Å². The third-order valence-electron chi connectivity index (χ3n) is 2.85. The zero-order valence-corrected chi connectivity index (χ0v) is 14.2. The van der Waals surface area contributed by atoms with Gasteiger partial charge in [0.15, 0.2) is 0 Å². The van der Waals surface area contributed by atoms with Gasteiger partial charge >= 0.3 is 11.9 Å². The fraction of sp³-hybridized carbons (Fsp3) is 0.375. The van der Waals surface area contributed by atoms with Crippen molar-refractivity contribution >= 4 is 33.9 Å². The molecule has 118 valence electrons. The zero-order valence-electron chi connectivity index (χ0n) is 12.6. The number of hydrogen-bond donors (Lipinski definition) is 0. The molecule has 1 fully saturated rings. The highest BCUT2D eigenvalue weighted by molar-refractivity contribution is 9.10. The molecule has 0 saturated carbocycles. The van der Waals surface area contributed by atoms with Crippen molar-refractivity contribution in [1.82, 2.24) is 0 Å². The van der Waals surface area contributed by atoms with Crippen molar-refractivity contribution in [3.8, 4) is 5.75 Å². The van der Waals surface area contributed by atoms with E-state index in [1.54, 1.807) is 18.2 Å². The van der Waals surface area contributed by atoms with E-state index in [2.05, 4.69) is 15.9 Å². The lowest BCUT2D eigenvalue weighted by molar-refractivity contribution is -0.222. The van der Waals surface area contributed by atoms with Gasteiger partial charge in [0.2, 0.25) is 0 Å². The van der Waals surface area contributed by atoms with Gasteiger partial charge in [0.05, 0.1) is 11.1 Å². The fourth-order valence-corrected chi connectivity index (χ4v) is 2.39. The summed E-state index contributed by atoms with van der Waals surface area (Å²) in [5.74, 6) is -1.91. The third-order valence-corrected chi connectivity index (χ3v) is 3.47. The smallest absolute Gasteiger partial charge is 0.348 e. The molecule has 1 heterocycles. The SMILES string of the molecule is CCCOc1ccc(C=C2C(=O)OC(C)(C)OC2=O)cc1Br. The molecule has 0 aliphatic carbocycles. The zero-order chi connectivity index (χ0) is 16.3. The van der Waals surface area contributed by atoms with Gasteiger partial charge in [0.25, 0.3) is 5.79 Å². The van der Waals surface area contributed by atoms with Gasteiger partial charge < -0.3 is 14.2 Å². The quantitative estimate of drug-likeness (QED) is 0.462. The molecular weight excluding hydrogens is 352 g/mol. The van der Waals surface area contributed by atoms with Crippen LogP contribution in [0.25, 0.3) is 6.08 Å². The number of benzene rings is 1. The van der Waals surface area contributed by atoms with E-state index in [-0.39, 0.29) is 5.57 Å². The highest BCUT2D eigenvalue weighted by Gasteiger charge is 2.38. The van der Waals surface area contributed by atoms with Crippen LogP contribution in [0.15, 0.2) is 28.2 Å². The van der Waals surface area contributed by atoms with Gasteiger partial charge in [0.1, 0.15) is 11.3 Å². The first-order valence-corrected chi connectivity index (χ1v) is 7.72. The van der Waals surface area contributed by atoms with Crippen molar-refractivity contribution in [1.29, 1.82) is 0 Å². The first kappa shape index (κ1) is 16.5. The van der Waals surface area contributed by atoms with E-state index < -0.39 is 17.7 Å². The van der Waals surface area contributed by atoms with Gasteiger partial charge in [-0.1, -0.05) is 13.0 Å². The minimum absolute atomic E-state index is 0.131. The maximum Gasteiger partial charge on any atom is 0.348 e. The van der Waals surface area contributed by atoms with Crippen LogP contribution in [0.4, 0.5) is 0 Å². The van der Waals surface area contributed by atoms with E-state index >= 15 is 0 Å². The summed E-state index contributed by atoms with van der Waals surface area (Å²) in [4.78, 5) is 23.8. The Balaban J connectivity index is 2.24. The number of hydrogen-bond acceptors (Lipinski definition) is 5. The van der Waals surface area contributed by atoms with Crippen LogP contribution in [-0.2, 0) is 19.1 Å². The Hall–Kier alpha value is -1.82. The summed E-state index contributed by atoms with van der Waals surface area (Å²) in [6.07, 6.45) is 2.35. The molecule has 1 aliphatic rings. The normalized spacial score (nSPS) is 16.8. The van der Waals surface area contributed by atoms with Crippen LogP contribution in [-0.4, -0.2) is 24.3 Å². The number of ether oxygens (including phenoxy) is 3. The summed E-state index contributed by atoms with van der Waals surface area (Å²) < 4.78 is 16.4. The molecule has 22 heavy (non-hydrogen) atoms. The molecule has 0 amide bonds. The van der Waals surface area contributed by atoms with Crippen molar-refractivity contribution in [3.63, 3.8) is 0 Å². The lowest BCUT2D eigenvalue weighted by Crippen LogP contribution is -2.41. The van der Waals surface area contributed by atoms with Gasteiger partial charge in [-0.05, 0) is 46.1 Å². The molecule has 0 bridgehead atoms. The molecule has 0 unspecified atom stereocenters. The predicted molar refractivity (Wildman–Crippen MR) is 84.2 cm³/mol. The Kier molecular flexibility index (Phi) is 4.90. The van der Waals surface area contributed by atoms with Gasteiger partial charge in [-0.2, -0.15) is 0 Å². The second-order valence-electron chi connectivity index (χ2n) is 5.28. The molecule has 0 radical (unpaired) electrons. The predicted octanol–water partition coefficient (Wildman–Crippen LogP) is 3.46. The van der Waals surface area contributed by atoms with Gasteiger partial charge in [0, 0.05) is 13.8 Å². The second-order valence-corrected chi connectivity index (χ2v) is 6.13. The summed E-state index contributed by atoms with van der Waals surface area (Å²) in [6, 6.07) is 5.29. The first-order valence-electron chi connectivity index (χ1n) is 6.93. The van der Waals surface area contributed by atoms with Crippen LogP contribution in [0.1, 0.15) is 32.8 Å². The van der Waals surface area contributed by atoms with E-state index in [1.807, 2.05) is 6.92 Å². The Morgan fingerprint density at radius 1 is 1.23 bits per heavy atom. The minimum Gasteiger partial charge on any atom is -0.492 e. The Labute approximate surface area is 137 Å². The maximum atomic E-state index is 11.9. The van der Waals surface area contributed by atoms with E-state index in [4.69, 9.17) is 14.2 Å². The average Bonchev–Trinajstić information content (AvgIpc) is 2.41. The fourth-order valence-electron chi connectivity index (χ4n) is 1.88. The summed E-state index contributed by atoms with van der Waals surface area (Å²) in [5, 5.41) is 0. The van der Waals surface area contributed by atoms with Crippen molar-refractivity contribution in [2.45, 2.75) is 33.0 Å². The molecule has 1 aliphatic heterocycles. The van der Waals surface area contributed by atoms with E-state index in [9.17, 15) is 9.59 Å². The van der Waals surface area contributed by atoms with Gasteiger partial charge in [-0.25, -0.2) is 9.59 Å². The molecule has 5 nitrogen and oxygen atoms in total. The molecule has 1 saturated heterocycles. The number of carbonyl (C=O) groups excluding carboxylic acids is 2.